The number of benzene rings is 1. The summed E-state index contributed by atoms with van der Waals surface area (Å²) >= 11 is 12.4. The van der Waals surface area contributed by atoms with Gasteiger partial charge in [0.25, 0.3) is 0 Å². The molecule has 2 fully saturated rings. The van der Waals surface area contributed by atoms with Gasteiger partial charge in [-0.05, 0) is 31.0 Å². The van der Waals surface area contributed by atoms with Gasteiger partial charge in [-0.15, -0.1) is 0 Å². The maximum absolute atomic E-state index is 12.0. The number of aromatic amines is 1. The minimum atomic E-state index is -2.95. The molecule has 37 heavy (non-hydrogen) atoms. The van der Waals surface area contributed by atoms with Crippen LogP contribution in [0.15, 0.2) is 43.0 Å². The third-order valence-electron chi connectivity index (χ3n) is 7.07. The molecule has 2 atom stereocenters. The first-order chi connectivity index (χ1) is 17.7. The molecule has 2 aliphatic rings. The molecule has 13 heteroatoms. The lowest BCUT2D eigenvalue weighted by Gasteiger charge is -2.22. The maximum atomic E-state index is 12.0. The molecule has 0 saturated carbocycles. The lowest BCUT2D eigenvalue weighted by atomic mass is 9.87. The molecule has 3 N–H and O–H groups in total. The van der Waals surface area contributed by atoms with E-state index in [4.69, 9.17) is 33.7 Å². The standard InChI is InChI=1S/C24H23Cl2N7O3S/c25-17-10-28-11-18(26)20(17)22(27)36-15-1-2-19-16(7-15)21(32-31-19)14-8-29-23(30-9-14)33-5-3-24(12-33)4-6-37(34,35)13-24/h1-2,7-11,22H,3-6,12-13,27H2,(H,31,32)/t22-,24?/m0/s1. The third-order valence-corrected chi connectivity index (χ3v) is 9.56. The lowest BCUT2D eigenvalue weighted by Crippen LogP contribution is -2.29. The highest BCUT2D eigenvalue weighted by Crippen LogP contribution is 2.41. The summed E-state index contributed by atoms with van der Waals surface area (Å²) in [6.45, 7) is 1.40. The Balaban J connectivity index is 1.22. The molecule has 4 aromatic rings. The molecule has 1 unspecified atom stereocenters. The second kappa shape index (κ2) is 9.09. The zero-order valence-electron chi connectivity index (χ0n) is 19.6. The molecule has 1 spiro atoms. The molecular weight excluding hydrogens is 537 g/mol. The molecule has 3 aromatic heterocycles. The number of nitrogens with one attached hydrogen (secondary N) is 1. The molecule has 1 aromatic carbocycles. The Bertz CT molecular complexity index is 1580. The molecule has 0 radical (unpaired) electrons. The molecule has 2 aliphatic heterocycles. The fourth-order valence-corrected chi connectivity index (χ4v) is 7.98. The second-order valence-electron chi connectivity index (χ2n) is 9.62. The first kappa shape index (κ1) is 24.4. The lowest BCUT2D eigenvalue weighted by molar-refractivity contribution is 0.214. The average Bonchev–Trinajstić information content (AvgIpc) is 3.55. The van der Waals surface area contributed by atoms with Gasteiger partial charge in [0.2, 0.25) is 5.95 Å². The Morgan fingerprint density at radius 1 is 1.11 bits per heavy atom. The topological polar surface area (TPSA) is 140 Å². The Kier molecular flexibility index (Phi) is 5.98. The van der Waals surface area contributed by atoms with Crippen LogP contribution < -0.4 is 15.4 Å². The average molecular weight is 560 g/mol. The molecule has 2 saturated heterocycles. The van der Waals surface area contributed by atoms with Gasteiger partial charge in [-0.1, -0.05) is 23.2 Å². The number of hydrogen-bond donors (Lipinski definition) is 2. The fraction of sp³-hybridized carbons (Fsp3) is 0.333. The summed E-state index contributed by atoms with van der Waals surface area (Å²) < 4.78 is 30.0. The number of nitrogens with zero attached hydrogens (tertiary/aromatic N) is 5. The van der Waals surface area contributed by atoms with Gasteiger partial charge in [-0.25, -0.2) is 18.4 Å². The number of pyridine rings is 1. The number of sulfone groups is 1. The summed E-state index contributed by atoms with van der Waals surface area (Å²) in [6.07, 6.45) is 7.03. The second-order valence-corrected chi connectivity index (χ2v) is 12.6. The fourth-order valence-electron chi connectivity index (χ4n) is 5.20. The monoisotopic (exact) mass is 559 g/mol. The van der Waals surface area contributed by atoms with Crippen LogP contribution in [0.5, 0.6) is 5.75 Å². The van der Waals surface area contributed by atoms with Crippen LogP contribution in [0.4, 0.5) is 5.95 Å². The minimum Gasteiger partial charge on any atom is -0.471 e. The van der Waals surface area contributed by atoms with Gasteiger partial charge in [0, 0.05) is 59.8 Å². The number of hydrogen-bond acceptors (Lipinski definition) is 9. The van der Waals surface area contributed by atoms with E-state index in [1.54, 1.807) is 18.5 Å². The summed E-state index contributed by atoms with van der Waals surface area (Å²) in [7, 11) is -2.95. The van der Waals surface area contributed by atoms with Crippen molar-refractivity contribution in [1.29, 1.82) is 0 Å². The summed E-state index contributed by atoms with van der Waals surface area (Å²) in [5.41, 5.74) is 8.71. The van der Waals surface area contributed by atoms with Gasteiger partial charge in [0.15, 0.2) is 16.1 Å². The predicted octanol–water partition coefficient (Wildman–Crippen LogP) is 3.77. The van der Waals surface area contributed by atoms with Gasteiger partial charge in [-0.3, -0.25) is 15.8 Å². The van der Waals surface area contributed by atoms with E-state index in [0.717, 1.165) is 29.4 Å². The number of nitrogens with two attached hydrogens (primary N) is 1. The van der Waals surface area contributed by atoms with Crippen LogP contribution in [0.3, 0.4) is 0 Å². The summed E-state index contributed by atoms with van der Waals surface area (Å²) in [5.74, 6) is 1.62. The molecule has 0 bridgehead atoms. The van der Waals surface area contributed by atoms with Crippen molar-refractivity contribution in [2.45, 2.75) is 19.1 Å². The number of fused-ring (bicyclic) bond motifs is 1. The zero-order chi connectivity index (χ0) is 25.8. The molecular formula is C24H23Cl2N7O3S. The van der Waals surface area contributed by atoms with E-state index in [1.165, 1.54) is 12.4 Å². The number of anilines is 1. The van der Waals surface area contributed by atoms with Crippen LogP contribution in [-0.2, 0) is 9.84 Å². The summed E-state index contributed by atoms with van der Waals surface area (Å²) in [6, 6.07) is 5.45. The summed E-state index contributed by atoms with van der Waals surface area (Å²) in [5, 5.41) is 8.92. The molecule has 0 aliphatic carbocycles. The van der Waals surface area contributed by atoms with Gasteiger partial charge in [0.05, 0.1) is 27.1 Å². The van der Waals surface area contributed by atoms with Crippen LogP contribution in [0.2, 0.25) is 10.0 Å². The predicted molar refractivity (Wildman–Crippen MR) is 141 cm³/mol. The number of aromatic nitrogens is 5. The molecule has 5 heterocycles. The Hall–Kier alpha value is -2.99. The quantitative estimate of drug-likeness (QED) is 0.349. The third kappa shape index (κ3) is 4.61. The van der Waals surface area contributed by atoms with E-state index in [9.17, 15) is 8.42 Å². The Labute approximate surface area is 223 Å². The molecule has 6 rings (SSSR count). The SMILES string of the molecule is N[C@@H](Oc1ccc2[nH]nc(-c3cnc(N4CCC5(CCS(=O)(=O)C5)C4)nc3)c2c1)c1c(Cl)cncc1Cl. The molecule has 10 nitrogen and oxygen atoms in total. The van der Waals surface area contributed by atoms with E-state index in [0.29, 0.717) is 46.0 Å². The largest absolute Gasteiger partial charge is 0.471 e. The Morgan fingerprint density at radius 3 is 2.57 bits per heavy atom. The van der Waals surface area contributed by atoms with Crippen LogP contribution >= 0.6 is 23.2 Å². The highest BCUT2D eigenvalue weighted by atomic mass is 35.5. The van der Waals surface area contributed by atoms with Gasteiger partial charge >= 0.3 is 0 Å². The smallest absolute Gasteiger partial charge is 0.225 e. The highest BCUT2D eigenvalue weighted by Gasteiger charge is 2.47. The van der Waals surface area contributed by atoms with Gasteiger partial charge in [0.1, 0.15) is 11.4 Å². The van der Waals surface area contributed by atoms with E-state index in [-0.39, 0.29) is 16.9 Å². The first-order valence-electron chi connectivity index (χ1n) is 11.7. The number of rotatable bonds is 5. The van der Waals surface area contributed by atoms with Crippen molar-refractivity contribution in [3.05, 3.63) is 58.6 Å². The summed E-state index contributed by atoms with van der Waals surface area (Å²) in [4.78, 5) is 15.1. The van der Waals surface area contributed by atoms with Crippen molar-refractivity contribution in [1.82, 2.24) is 25.1 Å². The maximum Gasteiger partial charge on any atom is 0.225 e. The van der Waals surface area contributed by atoms with Crippen molar-refractivity contribution in [3.8, 4) is 17.0 Å². The van der Waals surface area contributed by atoms with E-state index >= 15 is 0 Å². The zero-order valence-corrected chi connectivity index (χ0v) is 21.9. The number of halogens is 2. The normalized spacial score (nSPS) is 21.6. The first-order valence-corrected chi connectivity index (χ1v) is 14.3. The van der Waals surface area contributed by atoms with E-state index < -0.39 is 16.1 Å². The molecule has 0 amide bonds. The van der Waals surface area contributed by atoms with Crippen molar-refractivity contribution in [2.75, 3.05) is 29.5 Å². The van der Waals surface area contributed by atoms with Crippen LogP contribution in [-0.4, -0.2) is 58.2 Å². The van der Waals surface area contributed by atoms with Gasteiger partial charge in [-0.2, -0.15) is 5.10 Å². The van der Waals surface area contributed by atoms with Crippen molar-refractivity contribution in [3.63, 3.8) is 0 Å². The van der Waals surface area contributed by atoms with E-state index in [1.807, 2.05) is 12.1 Å². The van der Waals surface area contributed by atoms with E-state index in [2.05, 4.69) is 30.0 Å². The van der Waals surface area contributed by atoms with Crippen molar-refractivity contribution >= 4 is 49.9 Å². The van der Waals surface area contributed by atoms with Gasteiger partial charge < -0.3 is 9.64 Å². The number of H-pyrrole nitrogens is 1. The van der Waals surface area contributed by atoms with Crippen LogP contribution in [0.1, 0.15) is 24.6 Å². The van der Waals surface area contributed by atoms with Crippen LogP contribution in [0.25, 0.3) is 22.2 Å². The minimum absolute atomic E-state index is 0.179. The van der Waals surface area contributed by atoms with Crippen molar-refractivity contribution in [2.24, 2.45) is 11.1 Å². The highest BCUT2D eigenvalue weighted by molar-refractivity contribution is 7.91. The van der Waals surface area contributed by atoms with Crippen LogP contribution in [0, 0.1) is 5.41 Å². The Morgan fingerprint density at radius 2 is 1.86 bits per heavy atom. The number of ether oxygens (including phenoxy) is 1. The van der Waals surface area contributed by atoms with Crippen molar-refractivity contribution < 1.29 is 13.2 Å². The molecule has 192 valence electrons.